The number of benzene rings is 1. The zero-order chi connectivity index (χ0) is 11.5. The van der Waals surface area contributed by atoms with Crippen LogP contribution in [-0.4, -0.2) is 38.9 Å². The third-order valence-corrected chi connectivity index (χ3v) is 3.41. The minimum Gasteiger partial charge on any atom is -0.396 e. The Morgan fingerprint density at radius 2 is 1.94 bits per heavy atom. The first-order chi connectivity index (χ1) is 7.72. The lowest BCUT2D eigenvalue weighted by Gasteiger charge is -2.18. The van der Waals surface area contributed by atoms with E-state index in [1.165, 1.54) is 11.3 Å². The van der Waals surface area contributed by atoms with Crippen LogP contribution in [0.2, 0.25) is 0 Å². The summed E-state index contributed by atoms with van der Waals surface area (Å²) in [5.74, 6) is 0.825. The number of aliphatic hydroxyl groups excluding tert-OH is 1. The highest BCUT2D eigenvalue weighted by Crippen LogP contribution is 2.28. The second kappa shape index (κ2) is 4.85. The molecule has 0 radical (unpaired) electrons. The summed E-state index contributed by atoms with van der Waals surface area (Å²) in [6.07, 6.45) is 0. The molecule has 2 rings (SSSR count). The summed E-state index contributed by atoms with van der Waals surface area (Å²) in [7, 11) is 4.09. The standard InChI is InChI=1S/C13H20N2O/c1-15(2)12-5-3-10(4-6-12)13-8-14-7-11(13)9-16/h3-6,11,13-14,16H,7-9H2,1-2H3. The van der Waals surface area contributed by atoms with E-state index in [-0.39, 0.29) is 6.61 Å². The quantitative estimate of drug-likeness (QED) is 0.799. The zero-order valence-electron chi connectivity index (χ0n) is 9.98. The summed E-state index contributed by atoms with van der Waals surface area (Å²) in [4.78, 5) is 2.10. The second-order valence-electron chi connectivity index (χ2n) is 4.69. The molecular weight excluding hydrogens is 200 g/mol. The first-order valence-corrected chi connectivity index (χ1v) is 5.81. The van der Waals surface area contributed by atoms with Crippen LogP contribution < -0.4 is 10.2 Å². The smallest absolute Gasteiger partial charge is 0.0477 e. The second-order valence-corrected chi connectivity index (χ2v) is 4.69. The molecule has 1 aromatic carbocycles. The molecule has 0 aliphatic carbocycles. The zero-order valence-corrected chi connectivity index (χ0v) is 9.98. The van der Waals surface area contributed by atoms with Gasteiger partial charge in [0, 0.05) is 51.3 Å². The van der Waals surface area contributed by atoms with Crippen molar-refractivity contribution in [2.75, 3.05) is 38.7 Å². The highest BCUT2D eigenvalue weighted by Gasteiger charge is 2.27. The van der Waals surface area contributed by atoms with Crippen molar-refractivity contribution in [3.63, 3.8) is 0 Å². The van der Waals surface area contributed by atoms with E-state index in [1.54, 1.807) is 0 Å². The van der Waals surface area contributed by atoms with Crippen molar-refractivity contribution >= 4 is 5.69 Å². The molecule has 0 spiro atoms. The number of hydrogen-bond acceptors (Lipinski definition) is 3. The Kier molecular flexibility index (Phi) is 3.46. The highest BCUT2D eigenvalue weighted by atomic mass is 16.3. The van der Waals surface area contributed by atoms with Crippen molar-refractivity contribution < 1.29 is 5.11 Å². The predicted molar refractivity (Wildman–Crippen MR) is 67.0 cm³/mol. The molecule has 2 atom stereocenters. The molecule has 88 valence electrons. The van der Waals surface area contributed by atoms with Crippen LogP contribution in [-0.2, 0) is 0 Å². The van der Waals surface area contributed by atoms with E-state index in [0.717, 1.165) is 13.1 Å². The number of nitrogens with zero attached hydrogens (tertiary/aromatic N) is 1. The van der Waals surface area contributed by atoms with Crippen molar-refractivity contribution in [3.05, 3.63) is 29.8 Å². The Morgan fingerprint density at radius 3 is 2.50 bits per heavy atom. The Morgan fingerprint density at radius 1 is 1.25 bits per heavy atom. The van der Waals surface area contributed by atoms with Crippen molar-refractivity contribution in [3.8, 4) is 0 Å². The van der Waals surface area contributed by atoms with Crippen LogP contribution in [0.3, 0.4) is 0 Å². The predicted octanol–water partition coefficient (Wildman–Crippen LogP) is 1.05. The number of anilines is 1. The van der Waals surface area contributed by atoms with Crippen LogP contribution in [0, 0.1) is 5.92 Å². The molecule has 1 fully saturated rings. The van der Waals surface area contributed by atoms with Gasteiger partial charge in [0.25, 0.3) is 0 Å². The first-order valence-electron chi connectivity index (χ1n) is 5.81. The van der Waals surface area contributed by atoms with Crippen LogP contribution in [0.4, 0.5) is 5.69 Å². The van der Waals surface area contributed by atoms with Crippen molar-refractivity contribution in [1.29, 1.82) is 0 Å². The number of aliphatic hydroxyl groups is 1. The third-order valence-electron chi connectivity index (χ3n) is 3.41. The Balaban J connectivity index is 2.15. The van der Waals surface area contributed by atoms with Gasteiger partial charge >= 0.3 is 0 Å². The molecule has 0 aromatic heterocycles. The van der Waals surface area contributed by atoms with Gasteiger partial charge in [0.15, 0.2) is 0 Å². The normalized spacial score (nSPS) is 24.7. The van der Waals surface area contributed by atoms with Crippen molar-refractivity contribution in [1.82, 2.24) is 5.32 Å². The SMILES string of the molecule is CN(C)c1ccc(C2CNCC2CO)cc1. The van der Waals surface area contributed by atoms with E-state index < -0.39 is 0 Å². The number of nitrogens with one attached hydrogen (secondary N) is 1. The van der Waals surface area contributed by atoms with Gasteiger partial charge in [-0.05, 0) is 17.7 Å². The van der Waals surface area contributed by atoms with Crippen LogP contribution >= 0.6 is 0 Å². The Bertz CT molecular complexity index is 334. The van der Waals surface area contributed by atoms with Crippen LogP contribution in [0.15, 0.2) is 24.3 Å². The average molecular weight is 220 g/mol. The fourth-order valence-electron chi connectivity index (χ4n) is 2.33. The number of hydrogen-bond donors (Lipinski definition) is 2. The van der Waals surface area contributed by atoms with Gasteiger partial charge in [-0.2, -0.15) is 0 Å². The molecule has 3 heteroatoms. The minimum absolute atomic E-state index is 0.271. The lowest BCUT2D eigenvalue weighted by Crippen LogP contribution is -2.15. The van der Waals surface area contributed by atoms with E-state index in [2.05, 4.69) is 34.5 Å². The fraction of sp³-hybridized carbons (Fsp3) is 0.538. The molecule has 16 heavy (non-hydrogen) atoms. The van der Waals surface area contributed by atoms with E-state index in [4.69, 9.17) is 0 Å². The molecule has 1 aliphatic rings. The summed E-state index contributed by atoms with van der Waals surface area (Å²) < 4.78 is 0. The van der Waals surface area contributed by atoms with Crippen LogP contribution in [0.5, 0.6) is 0 Å². The average Bonchev–Trinajstić information content (AvgIpc) is 2.77. The molecule has 2 unspecified atom stereocenters. The summed E-state index contributed by atoms with van der Waals surface area (Å²) in [5.41, 5.74) is 2.55. The summed E-state index contributed by atoms with van der Waals surface area (Å²) in [6.45, 7) is 2.18. The summed E-state index contributed by atoms with van der Waals surface area (Å²) >= 11 is 0. The number of rotatable bonds is 3. The fourth-order valence-corrected chi connectivity index (χ4v) is 2.33. The van der Waals surface area contributed by atoms with Gasteiger partial charge in [-0.25, -0.2) is 0 Å². The molecule has 1 aromatic rings. The Labute approximate surface area is 97.1 Å². The monoisotopic (exact) mass is 220 g/mol. The van der Waals surface area contributed by atoms with Crippen molar-refractivity contribution in [2.45, 2.75) is 5.92 Å². The Hall–Kier alpha value is -1.06. The molecule has 0 saturated carbocycles. The maximum Gasteiger partial charge on any atom is 0.0477 e. The van der Waals surface area contributed by atoms with E-state index in [0.29, 0.717) is 11.8 Å². The lowest BCUT2D eigenvalue weighted by molar-refractivity contribution is 0.226. The molecular formula is C13H20N2O. The maximum atomic E-state index is 9.29. The minimum atomic E-state index is 0.271. The summed E-state index contributed by atoms with van der Waals surface area (Å²) in [5, 5.41) is 12.6. The summed E-state index contributed by atoms with van der Waals surface area (Å²) in [6, 6.07) is 8.63. The molecule has 2 N–H and O–H groups in total. The van der Waals surface area contributed by atoms with Crippen molar-refractivity contribution in [2.24, 2.45) is 5.92 Å². The van der Waals surface area contributed by atoms with Gasteiger partial charge in [-0.3, -0.25) is 0 Å². The van der Waals surface area contributed by atoms with E-state index in [1.807, 2.05) is 14.1 Å². The van der Waals surface area contributed by atoms with E-state index in [9.17, 15) is 5.11 Å². The van der Waals surface area contributed by atoms with Gasteiger partial charge in [-0.1, -0.05) is 12.1 Å². The lowest BCUT2D eigenvalue weighted by atomic mass is 9.89. The largest absolute Gasteiger partial charge is 0.396 e. The van der Waals surface area contributed by atoms with Gasteiger partial charge < -0.3 is 15.3 Å². The molecule has 1 aliphatic heterocycles. The third kappa shape index (κ3) is 2.20. The maximum absolute atomic E-state index is 9.29. The van der Waals surface area contributed by atoms with Gasteiger partial charge in [-0.15, -0.1) is 0 Å². The molecule has 0 bridgehead atoms. The first kappa shape index (κ1) is 11.4. The molecule has 3 nitrogen and oxygen atoms in total. The van der Waals surface area contributed by atoms with E-state index >= 15 is 0 Å². The van der Waals surface area contributed by atoms with Gasteiger partial charge in [0.2, 0.25) is 0 Å². The van der Waals surface area contributed by atoms with Gasteiger partial charge in [0.1, 0.15) is 0 Å². The van der Waals surface area contributed by atoms with Crippen LogP contribution in [0.1, 0.15) is 11.5 Å². The molecule has 1 saturated heterocycles. The molecule has 0 amide bonds. The highest BCUT2D eigenvalue weighted by molar-refractivity contribution is 5.46. The van der Waals surface area contributed by atoms with Gasteiger partial charge in [0.05, 0.1) is 0 Å². The van der Waals surface area contributed by atoms with Crippen LogP contribution in [0.25, 0.3) is 0 Å². The topological polar surface area (TPSA) is 35.5 Å². The molecule has 1 heterocycles.